The van der Waals surface area contributed by atoms with Crippen LogP contribution in [0.15, 0.2) is 60.7 Å². The number of nitrogens with one attached hydrogen (secondary N) is 2. The molecule has 1 fully saturated rings. The maximum absolute atomic E-state index is 13.0. The summed E-state index contributed by atoms with van der Waals surface area (Å²) in [5.74, 6) is -0.441. The standard InChI is InChI=1S/C25H31N3O3/c1-3-18(2)26-24(30)22(27-23(29)20-10-6-4-7-11-20)19-14-16-28(17-15-19)25(31)21-12-8-5-9-13-21/h4-13,18-19,22H,3,14-17H2,1-2H3,(H,26,30)(H,27,29)/t18-,22-/m0/s1. The number of benzene rings is 2. The largest absolute Gasteiger partial charge is 0.352 e. The van der Waals surface area contributed by atoms with Gasteiger partial charge in [-0.05, 0) is 56.4 Å². The van der Waals surface area contributed by atoms with E-state index in [0.717, 1.165) is 6.42 Å². The van der Waals surface area contributed by atoms with Crippen LogP contribution in [0.4, 0.5) is 0 Å². The lowest BCUT2D eigenvalue weighted by Gasteiger charge is -2.36. The van der Waals surface area contributed by atoms with E-state index in [2.05, 4.69) is 10.6 Å². The van der Waals surface area contributed by atoms with Crippen molar-refractivity contribution in [2.75, 3.05) is 13.1 Å². The fraction of sp³-hybridized carbons (Fsp3) is 0.400. The highest BCUT2D eigenvalue weighted by Gasteiger charge is 2.34. The summed E-state index contributed by atoms with van der Waals surface area (Å²) in [6.07, 6.45) is 2.13. The number of nitrogens with zero attached hydrogens (tertiary/aromatic N) is 1. The molecule has 1 aliphatic rings. The van der Waals surface area contributed by atoms with E-state index in [9.17, 15) is 14.4 Å². The second kappa shape index (κ2) is 10.8. The van der Waals surface area contributed by atoms with E-state index in [4.69, 9.17) is 0 Å². The fourth-order valence-corrected chi connectivity index (χ4v) is 3.85. The van der Waals surface area contributed by atoms with Gasteiger partial charge in [0.1, 0.15) is 6.04 Å². The Kier molecular flexibility index (Phi) is 7.82. The van der Waals surface area contributed by atoms with Gasteiger partial charge in [-0.1, -0.05) is 43.3 Å². The minimum Gasteiger partial charge on any atom is -0.352 e. The summed E-state index contributed by atoms with van der Waals surface area (Å²) in [7, 11) is 0. The summed E-state index contributed by atoms with van der Waals surface area (Å²) in [6.45, 7) is 5.09. The fourth-order valence-electron chi connectivity index (χ4n) is 3.85. The Balaban J connectivity index is 1.68. The molecule has 2 N–H and O–H groups in total. The van der Waals surface area contributed by atoms with Gasteiger partial charge in [-0.3, -0.25) is 14.4 Å². The zero-order valence-electron chi connectivity index (χ0n) is 18.2. The van der Waals surface area contributed by atoms with E-state index in [-0.39, 0.29) is 29.7 Å². The second-order valence-corrected chi connectivity index (χ2v) is 8.13. The molecule has 164 valence electrons. The molecule has 6 nitrogen and oxygen atoms in total. The first-order valence-corrected chi connectivity index (χ1v) is 11.0. The first-order chi connectivity index (χ1) is 15.0. The molecule has 0 spiro atoms. The highest BCUT2D eigenvalue weighted by Crippen LogP contribution is 2.23. The Morgan fingerprint density at radius 1 is 0.903 bits per heavy atom. The van der Waals surface area contributed by atoms with Crippen LogP contribution in [0.1, 0.15) is 53.8 Å². The van der Waals surface area contributed by atoms with Gasteiger partial charge in [-0.15, -0.1) is 0 Å². The predicted molar refractivity (Wildman–Crippen MR) is 121 cm³/mol. The van der Waals surface area contributed by atoms with Gasteiger partial charge >= 0.3 is 0 Å². The molecule has 0 unspecified atom stereocenters. The molecule has 0 radical (unpaired) electrons. The molecule has 6 heteroatoms. The molecule has 0 saturated carbocycles. The van der Waals surface area contributed by atoms with Gasteiger partial charge in [0.25, 0.3) is 11.8 Å². The molecule has 0 aromatic heterocycles. The number of amides is 3. The summed E-state index contributed by atoms with van der Waals surface area (Å²) >= 11 is 0. The van der Waals surface area contributed by atoms with Gasteiger partial charge < -0.3 is 15.5 Å². The smallest absolute Gasteiger partial charge is 0.253 e. The predicted octanol–water partition coefficient (Wildman–Crippen LogP) is 3.25. The van der Waals surface area contributed by atoms with Crippen LogP contribution in [0.3, 0.4) is 0 Å². The van der Waals surface area contributed by atoms with Crippen molar-refractivity contribution in [2.24, 2.45) is 5.92 Å². The second-order valence-electron chi connectivity index (χ2n) is 8.13. The van der Waals surface area contributed by atoms with Crippen molar-refractivity contribution in [3.05, 3.63) is 71.8 Å². The lowest BCUT2D eigenvalue weighted by Crippen LogP contribution is -2.55. The third-order valence-corrected chi connectivity index (χ3v) is 5.93. The highest BCUT2D eigenvalue weighted by atomic mass is 16.2. The van der Waals surface area contributed by atoms with Crippen molar-refractivity contribution >= 4 is 17.7 Å². The van der Waals surface area contributed by atoms with E-state index in [0.29, 0.717) is 37.1 Å². The topological polar surface area (TPSA) is 78.5 Å². The number of piperidine rings is 1. The van der Waals surface area contributed by atoms with Gasteiger partial charge in [0.2, 0.25) is 5.91 Å². The molecule has 0 aliphatic carbocycles. The monoisotopic (exact) mass is 421 g/mol. The van der Waals surface area contributed by atoms with Crippen LogP contribution in [0.5, 0.6) is 0 Å². The summed E-state index contributed by atoms with van der Waals surface area (Å²) in [4.78, 5) is 40.3. The maximum atomic E-state index is 13.0. The normalized spacial score (nSPS) is 16.3. The number of likely N-dealkylation sites (tertiary alicyclic amines) is 1. The zero-order valence-corrected chi connectivity index (χ0v) is 18.2. The average molecular weight is 422 g/mol. The number of carbonyl (C=O) groups excluding carboxylic acids is 3. The van der Waals surface area contributed by atoms with Crippen LogP contribution >= 0.6 is 0 Å². The summed E-state index contributed by atoms with van der Waals surface area (Å²) < 4.78 is 0. The van der Waals surface area contributed by atoms with Crippen LogP contribution in [-0.2, 0) is 4.79 Å². The molecule has 2 aromatic carbocycles. The number of rotatable bonds is 7. The molecule has 1 aliphatic heterocycles. The third kappa shape index (κ3) is 5.94. The Morgan fingerprint density at radius 3 is 2.00 bits per heavy atom. The minimum atomic E-state index is -0.629. The Labute approximate surface area is 184 Å². The van der Waals surface area contributed by atoms with Crippen molar-refractivity contribution in [1.82, 2.24) is 15.5 Å². The van der Waals surface area contributed by atoms with Crippen LogP contribution in [0.25, 0.3) is 0 Å². The van der Waals surface area contributed by atoms with Crippen molar-refractivity contribution in [2.45, 2.75) is 45.2 Å². The van der Waals surface area contributed by atoms with Gasteiger partial charge in [0.05, 0.1) is 0 Å². The molecule has 1 heterocycles. The van der Waals surface area contributed by atoms with Crippen molar-refractivity contribution in [1.29, 1.82) is 0 Å². The van der Waals surface area contributed by atoms with Gasteiger partial charge in [-0.25, -0.2) is 0 Å². The van der Waals surface area contributed by atoms with Gasteiger partial charge in [-0.2, -0.15) is 0 Å². The first-order valence-electron chi connectivity index (χ1n) is 11.0. The molecule has 1 saturated heterocycles. The molecule has 3 rings (SSSR count). The third-order valence-electron chi connectivity index (χ3n) is 5.93. The molecule has 2 aromatic rings. The van der Waals surface area contributed by atoms with E-state index in [1.54, 1.807) is 24.3 Å². The van der Waals surface area contributed by atoms with Crippen LogP contribution < -0.4 is 10.6 Å². The lowest BCUT2D eigenvalue weighted by atomic mass is 9.88. The molecular weight excluding hydrogens is 390 g/mol. The van der Waals surface area contributed by atoms with Crippen LogP contribution in [-0.4, -0.2) is 47.8 Å². The quantitative estimate of drug-likeness (QED) is 0.720. The molecule has 0 bridgehead atoms. The summed E-state index contributed by atoms with van der Waals surface area (Å²) in [5.41, 5.74) is 1.20. The highest BCUT2D eigenvalue weighted by molar-refractivity contribution is 5.97. The Hall–Kier alpha value is -3.15. The minimum absolute atomic E-state index is 0.00739. The molecule has 3 amide bonds. The first kappa shape index (κ1) is 22.5. The number of carbonyl (C=O) groups is 3. The van der Waals surface area contributed by atoms with E-state index < -0.39 is 6.04 Å². The van der Waals surface area contributed by atoms with E-state index in [1.807, 2.05) is 55.1 Å². The Morgan fingerprint density at radius 2 is 1.45 bits per heavy atom. The van der Waals surface area contributed by atoms with Crippen LogP contribution in [0.2, 0.25) is 0 Å². The number of hydrogen-bond donors (Lipinski definition) is 2. The van der Waals surface area contributed by atoms with Crippen molar-refractivity contribution in [3.63, 3.8) is 0 Å². The van der Waals surface area contributed by atoms with Crippen molar-refractivity contribution < 1.29 is 14.4 Å². The average Bonchev–Trinajstić information content (AvgIpc) is 2.83. The summed E-state index contributed by atoms with van der Waals surface area (Å²) in [6, 6.07) is 17.6. The maximum Gasteiger partial charge on any atom is 0.253 e. The van der Waals surface area contributed by atoms with E-state index >= 15 is 0 Å². The lowest BCUT2D eigenvalue weighted by molar-refractivity contribution is -0.125. The number of hydrogen-bond acceptors (Lipinski definition) is 3. The summed E-state index contributed by atoms with van der Waals surface area (Å²) in [5, 5.41) is 5.96. The molecule has 2 atom stereocenters. The van der Waals surface area contributed by atoms with Crippen LogP contribution in [0, 0.1) is 5.92 Å². The van der Waals surface area contributed by atoms with Gasteiger partial charge in [0, 0.05) is 30.3 Å². The molecule has 31 heavy (non-hydrogen) atoms. The molecular formula is C25H31N3O3. The van der Waals surface area contributed by atoms with E-state index in [1.165, 1.54) is 0 Å². The SMILES string of the molecule is CC[C@H](C)NC(=O)[C@@H](NC(=O)c1ccccc1)C1CCN(C(=O)c2ccccc2)CC1. The Bertz CT molecular complexity index is 877. The van der Waals surface area contributed by atoms with Gasteiger partial charge in [0.15, 0.2) is 0 Å². The van der Waals surface area contributed by atoms with Crippen molar-refractivity contribution in [3.8, 4) is 0 Å². The zero-order chi connectivity index (χ0) is 22.2.